The quantitative estimate of drug-likeness (QED) is 0.844. The van der Waals surface area contributed by atoms with Gasteiger partial charge in [0.1, 0.15) is 0 Å². The van der Waals surface area contributed by atoms with Gasteiger partial charge in [-0.05, 0) is 39.2 Å². The van der Waals surface area contributed by atoms with Gasteiger partial charge in [-0.3, -0.25) is 9.48 Å². The molecule has 2 rings (SSSR count). The average molecular weight is 293 g/mol. The Morgan fingerprint density at radius 2 is 2.10 bits per heavy atom. The van der Waals surface area contributed by atoms with Gasteiger partial charge in [-0.25, -0.2) is 0 Å². The Bertz CT molecular complexity index is 476. The lowest BCUT2D eigenvalue weighted by molar-refractivity contribution is -0.124. The Balaban J connectivity index is 1.77. The molecular formula is C16H27N3O2. The summed E-state index contributed by atoms with van der Waals surface area (Å²) >= 11 is 0. The smallest absolute Gasteiger partial charge is 0.220 e. The van der Waals surface area contributed by atoms with Crippen molar-refractivity contribution < 1.29 is 9.90 Å². The SMILES string of the molecule is Cc1cc(C)n(CCCC(=O)NC2(CO)CCCCC2)n1. The van der Waals surface area contributed by atoms with Crippen LogP contribution in [0, 0.1) is 13.8 Å². The number of rotatable bonds is 6. The molecule has 5 nitrogen and oxygen atoms in total. The van der Waals surface area contributed by atoms with Crippen LogP contribution in [-0.4, -0.2) is 32.9 Å². The highest BCUT2D eigenvalue weighted by Gasteiger charge is 2.32. The molecule has 1 aromatic rings. The maximum Gasteiger partial charge on any atom is 0.220 e. The third-order valence-corrected chi connectivity index (χ3v) is 4.40. The predicted octanol–water partition coefficient (Wildman–Crippen LogP) is 2.09. The molecule has 2 N–H and O–H groups in total. The molecule has 21 heavy (non-hydrogen) atoms. The minimum Gasteiger partial charge on any atom is -0.394 e. The predicted molar refractivity (Wildman–Crippen MR) is 82.0 cm³/mol. The van der Waals surface area contributed by atoms with E-state index in [1.807, 2.05) is 24.6 Å². The lowest BCUT2D eigenvalue weighted by Crippen LogP contribution is -2.52. The number of aliphatic hydroxyl groups is 1. The Morgan fingerprint density at radius 1 is 1.38 bits per heavy atom. The highest BCUT2D eigenvalue weighted by Crippen LogP contribution is 2.27. The lowest BCUT2D eigenvalue weighted by Gasteiger charge is -2.36. The number of aryl methyl sites for hydroxylation is 3. The molecule has 1 amide bonds. The van der Waals surface area contributed by atoms with E-state index in [4.69, 9.17) is 0 Å². The minimum absolute atomic E-state index is 0.0486. The van der Waals surface area contributed by atoms with Gasteiger partial charge in [-0.15, -0.1) is 0 Å². The average Bonchev–Trinajstić information content (AvgIpc) is 2.78. The molecule has 0 saturated heterocycles. The van der Waals surface area contributed by atoms with E-state index in [-0.39, 0.29) is 18.1 Å². The largest absolute Gasteiger partial charge is 0.394 e. The van der Waals surface area contributed by atoms with Gasteiger partial charge in [0.25, 0.3) is 0 Å². The summed E-state index contributed by atoms with van der Waals surface area (Å²) < 4.78 is 1.95. The van der Waals surface area contributed by atoms with Crippen molar-refractivity contribution in [2.45, 2.75) is 70.9 Å². The summed E-state index contributed by atoms with van der Waals surface area (Å²) in [6.45, 7) is 4.82. The fourth-order valence-corrected chi connectivity index (χ4v) is 3.20. The summed E-state index contributed by atoms with van der Waals surface area (Å²) in [5.74, 6) is 0.0486. The number of carbonyl (C=O) groups excluding carboxylic acids is 1. The van der Waals surface area contributed by atoms with E-state index in [1.165, 1.54) is 6.42 Å². The van der Waals surface area contributed by atoms with Crippen molar-refractivity contribution in [1.29, 1.82) is 0 Å². The van der Waals surface area contributed by atoms with Crippen LogP contribution in [-0.2, 0) is 11.3 Å². The van der Waals surface area contributed by atoms with E-state index >= 15 is 0 Å². The zero-order valence-corrected chi connectivity index (χ0v) is 13.2. The number of amides is 1. The maximum absolute atomic E-state index is 12.1. The van der Waals surface area contributed by atoms with E-state index in [0.29, 0.717) is 6.42 Å². The van der Waals surface area contributed by atoms with Crippen molar-refractivity contribution in [3.8, 4) is 0 Å². The Morgan fingerprint density at radius 3 is 2.67 bits per heavy atom. The summed E-state index contributed by atoms with van der Waals surface area (Å²) in [5, 5.41) is 17.1. The first kappa shape index (κ1) is 16.0. The van der Waals surface area contributed by atoms with Crippen LogP contribution < -0.4 is 5.32 Å². The van der Waals surface area contributed by atoms with Crippen LogP contribution in [0.2, 0.25) is 0 Å². The summed E-state index contributed by atoms with van der Waals surface area (Å²) in [6.07, 6.45) is 6.43. The van der Waals surface area contributed by atoms with Crippen LogP contribution in [0.3, 0.4) is 0 Å². The second kappa shape index (κ2) is 7.07. The number of carbonyl (C=O) groups is 1. The molecule has 118 valence electrons. The second-order valence-electron chi connectivity index (χ2n) is 6.30. The molecule has 0 radical (unpaired) electrons. The minimum atomic E-state index is -0.368. The maximum atomic E-state index is 12.1. The Labute approximate surface area is 126 Å². The molecule has 5 heteroatoms. The number of aromatic nitrogens is 2. The number of hydrogen-bond acceptors (Lipinski definition) is 3. The highest BCUT2D eigenvalue weighted by molar-refractivity contribution is 5.76. The van der Waals surface area contributed by atoms with E-state index in [2.05, 4.69) is 10.4 Å². The number of nitrogens with zero attached hydrogens (tertiary/aromatic N) is 2. The van der Waals surface area contributed by atoms with E-state index in [9.17, 15) is 9.90 Å². The molecule has 1 aliphatic carbocycles. The summed E-state index contributed by atoms with van der Waals surface area (Å²) in [7, 11) is 0. The third kappa shape index (κ3) is 4.30. The molecule has 0 unspecified atom stereocenters. The van der Waals surface area contributed by atoms with Crippen molar-refractivity contribution in [3.05, 3.63) is 17.5 Å². The molecule has 1 fully saturated rings. The Kier molecular flexibility index (Phi) is 5.39. The van der Waals surface area contributed by atoms with Crippen LogP contribution in [0.25, 0.3) is 0 Å². The van der Waals surface area contributed by atoms with Crippen molar-refractivity contribution in [3.63, 3.8) is 0 Å². The van der Waals surface area contributed by atoms with Crippen molar-refractivity contribution in [2.75, 3.05) is 6.61 Å². The molecular weight excluding hydrogens is 266 g/mol. The number of hydrogen-bond donors (Lipinski definition) is 2. The molecule has 0 bridgehead atoms. The summed E-state index contributed by atoms with van der Waals surface area (Å²) in [5.41, 5.74) is 1.78. The summed E-state index contributed by atoms with van der Waals surface area (Å²) in [6, 6.07) is 2.04. The number of nitrogens with one attached hydrogen (secondary N) is 1. The first-order valence-corrected chi connectivity index (χ1v) is 7.98. The van der Waals surface area contributed by atoms with Crippen LogP contribution in [0.15, 0.2) is 6.07 Å². The van der Waals surface area contributed by atoms with Gasteiger partial charge in [-0.1, -0.05) is 19.3 Å². The molecule has 1 saturated carbocycles. The fourth-order valence-electron chi connectivity index (χ4n) is 3.20. The molecule has 1 aliphatic rings. The first-order valence-electron chi connectivity index (χ1n) is 7.98. The van der Waals surface area contributed by atoms with Gasteiger partial charge in [0.05, 0.1) is 17.8 Å². The Hall–Kier alpha value is -1.36. The van der Waals surface area contributed by atoms with E-state index in [0.717, 1.165) is 50.0 Å². The molecule has 1 aromatic heterocycles. The fraction of sp³-hybridized carbons (Fsp3) is 0.750. The topological polar surface area (TPSA) is 67.2 Å². The molecule has 0 spiro atoms. The highest BCUT2D eigenvalue weighted by atomic mass is 16.3. The third-order valence-electron chi connectivity index (χ3n) is 4.40. The van der Waals surface area contributed by atoms with Gasteiger partial charge in [0.15, 0.2) is 0 Å². The van der Waals surface area contributed by atoms with E-state index in [1.54, 1.807) is 0 Å². The summed E-state index contributed by atoms with van der Waals surface area (Å²) in [4.78, 5) is 12.1. The van der Waals surface area contributed by atoms with Crippen LogP contribution in [0.1, 0.15) is 56.3 Å². The second-order valence-corrected chi connectivity index (χ2v) is 6.30. The van der Waals surface area contributed by atoms with Gasteiger partial charge in [0.2, 0.25) is 5.91 Å². The molecule has 0 aliphatic heterocycles. The zero-order valence-electron chi connectivity index (χ0n) is 13.2. The normalized spacial score (nSPS) is 17.7. The van der Waals surface area contributed by atoms with Crippen LogP contribution >= 0.6 is 0 Å². The molecule has 1 heterocycles. The van der Waals surface area contributed by atoms with Crippen LogP contribution in [0.4, 0.5) is 0 Å². The van der Waals surface area contributed by atoms with Gasteiger partial charge in [-0.2, -0.15) is 5.10 Å². The van der Waals surface area contributed by atoms with Gasteiger partial charge < -0.3 is 10.4 Å². The molecule has 0 atom stereocenters. The van der Waals surface area contributed by atoms with Gasteiger partial charge >= 0.3 is 0 Å². The molecule has 0 aromatic carbocycles. The monoisotopic (exact) mass is 293 g/mol. The standard InChI is InChI=1S/C16H27N3O2/c1-13-11-14(2)19(18-13)10-6-7-15(21)17-16(12-20)8-4-3-5-9-16/h11,20H,3-10,12H2,1-2H3,(H,17,21). The van der Waals surface area contributed by atoms with Crippen molar-refractivity contribution in [1.82, 2.24) is 15.1 Å². The van der Waals surface area contributed by atoms with E-state index < -0.39 is 0 Å². The van der Waals surface area contributed by atoms with Crippen LogP contribution in [0.5, 0.6) is 0 Å². The first-order chi connectivity index (χ1) is 10.0. The lowest BCUT2D eigenvalue weighted by atomic mass is 9.82. The van der Waals surface area contributed by atoms with Crippen molar-refractivity contribution in [2.24, 2.45) is 0 Å². The van der Waals surface area contributed by atoms with Gasteiger partial charge in [0, 0.05) is 18.7 Å². The van der Waals surface area contributed by atoms with Crippen molar-refractivity contribution >= 4 is 5.91 Å². The number of aliphatic hydroxyl groups excluding tert-OH is 1. The zero-order chi connectivity index (χ0) is 15.3.